The Labute approximate surface area is 145 Å². The molecule has 0 aliphatic carbocycles. The number of nitrogens with one attached hydrogen (secondary N) is 1. The quantitative estimate of drug-likeness (QED) is 0.793. The van der Waals surface area contributed by atoms with E-state index in [-0.39, 0.29) is 5.91 Å². The van der Waals surface area contributed by atoms with Crippen LogP contribution in [-0.2, 0) is 14.3 Å². The molecule has 1 fully saturated rings. The van der Waals surface area contributed by atoms with Crippen LogP contribution in [0.2, 0.25) is 0 Å². The van der Waals surface area contributed by atoms with Crippen LogP contribution in [0, 0.1) is 5.92 Å². The van der Waals surface area contributed by atoms with Crippen LogP contribution in [0.15, 0.2) is 17.5 Å². The molecule has 1 aromatic heterocycles. The van der Waals surface area contributed by atoms with Crippen molar-refractivity contribution in [3.63, 3.8) is 0 Å². The Kier molecular flexibility index (Phi) is 6.40. The fourth-order valence-corrected chi connectivity index (χ4v) is 3.07. The van der Waals surface area contributed by atoms with E-state index >= 15 is 0 Å². The Morgan fingerprint density at radius 3 is 2.52 bits per heavy atom. The number of thiophene rings is 1. The van der Waals surface area contributed by atoms with Crippen molar-refractivity contribution in [1.29, 1.82) is 0 Å². The molecule has 0 saturated carbocycles. The summed E-state index contributed by atoms with van der Waals surface area (Å²) in [5.41, 5.74) is 0. The average Bonchev–Trinajstić information content (AvgIpc) is 3.11. The van der Waals surface area contributed by atoms with Crippen LogP contribution in [0.3, 0.4) is 0 Å². The highest BCUT2D eigenvalue weighted by atomic mass is 32.1. The highest BCUT2D eigenvalue weighted by molar-refractivity contribution is 7.12. The molecule has 1 saturated heterocycles. The van der Waals surface area contributed by atoms with Gasteiger partial charge in [0.05, 0.1) is 10.8 Å². The monoisotopic (exact) mass is 378 g/mol. The molecule has 10 heteroatoms. The predicted molar refractivity (Wildman–Crippen MR) is 83.0 cm³/mol. The summed E-state index contributed by atoms with van der Waals surface area (Å²) in [4.78, 5) is 37.5. The number of nitrogens with zero attached hydrogens (tertiary/aromatic N) is 1. The van der Waals surface area contributed by atoms with Crippen molar-refractivity contribution in [2.45, 2.75) is 19.0 Å². The summed E-state index contributed by atoms with van der Waals surface area (Å²) in [7, 11) is 0. The van der Waals surface area contributed by atoms with Crippen molar-refractivity contribution in [2.75, 3.05) is 26.2 Å². The number of carbonyl (C=O) groups excluding carboxylic acids is 3. The van der Waals surface area contributed by atoms with Crippen molar-refractivity contribution >= 4 is 29.1 Å². The molecule has 0 radical (unpaired) electrons. The topological polar surface area (TPSA) is 75.7 Å². The van der Waals surface area contributed by atoms with Gasteiger partial charge in [0, 0.05) is 13.1 Å². The van der Waals surface area contributed by atoms with Crippen LogP contribution in [0.25, 0.3) is 0 Å². The minimum absolute atomic E-state index is 0.0895. The highest BCUT2D eigenvalue weighted by Crippen LogP contribution is 2.21. The average molecular weight is 378 g/mol. The number of alkyl halides is 3. The van der Waals surface area contributed by atoms with Gasteiger partial charge in [0.1, 0.15) is 6.54 Å². The number of halogens is 3. The van der Waals surface area contributed by atoms with Crippen LogP contribution in [0.5, 0.6) is 0 Å². The van der Waals surface area contributed by atoms with E-state index in [4.69, 9.17) is 4.74 Å². The van der Waals surface area contributed by atoms with Gasteiger partial charge >= 0.3 is 12.1 Å². The Morgan fingerprint density at radius 2 is 1.96 bits per heavy atom. The van der Waals surface area contributed by atoms with Crippen molar-refractivity contribution < 1.29 is 32.3 Å². The zero-order chi connectivity index (χ0) is 18.4. The Balaban J connectivity index is 1.70. The van der Waals surface area contributed by atoms with Crippen molar-refractivity contribution in [1.82, 2.24) is 10.2 Å². The lowest BCUT2D eigenvalue weighted by molar-refractivity contribution is -0.155. The number of likely N-dealkylation sites (tertiary alicyclic amines) is 1. The number of carbonyl (C=O) groups is 3. The molecule has 1 aliphatic heterocycles. The second-order valence-corrected chi connectivity index (χ2v) is 6.49. The molecule has 6 nitrogen and oxygen atoms in total. The van der Waals surface area contributed by atoms with Gasteiger partial charge in [-0.25, -0.2) is 0 Å². The van der Waals surface area contributed by atoms with Gasteiger partial charge < -0.3 is 15.0 Å². The minimum atomic E-state index is -4.51. The molecule has 0 bridgehead atoms. The molecule has 0 spiro atoms. The summed E-state index contributed by atoms with van der Waals surface area (Å²) in [6.07, 6.45) is -3.73. The van der Waals surface area contributed by atoms with Crippen LogP contribution < -0.4 is 5.32 Å². The maximum atomic E-state index is 12.2. The number of rotatable bonds is 5. The number of hydrogen-bond acceptors (Lipinski definition) is 5. The smallest absolute Gasteiger partial charge is 0.405 e. The van der Waals surface area contributed by atoms with Crippen LogP contribution in [-0.4, -0.2) is 55.1 Å². The SMILES string of the molecule is O=C(COC(=O)C1CCN(C(=O)c2cccs2)CC1)NCC(F)(F)F. The van der Waals surface area contributed by atoms with Gasteiger partial charge in [0.2, 0.25) is 0 Å². The molecule has 138 valence electrons. The summed E-state index contributed by atoms with van der Waals surface area (Å²) in [6, 6.07) is 3.51. The summed E-state index contributed by atoms with van der Waals surface area (Å²) in [5, 5.41) is 3.43. The van der Waals surface area contributed by atoms with E-state index < -0.39 is 37.1 Å². The lowest BCUT2D eigenvalue weighted by Crippen LogP contribution is -2.41. The fourth-order valence-electron chi connectivity index (χ4n) is 2.38. The molecule has 0 atom stereocenters. The molecule has 2 amide bonds. The Morgan fingerprint density at radius 1 is 1.28 bits per heavy atom. The third kappa shape index (κ3) is 6.04. The summed E-state index contributed by atoms with van der Waals surface area (Å²) >= 11 is 1.34. The Hall–Kier alpha value is -2.10. The lowest BCUT2D eigenvalue weighted by Gasteiger charge is -2.30. The first-order chi connectivity index (χ1) is 11.8. The first kappa shape index (κ1) is 19.2. The maximum Gasteiger partial charge on any atom is 0.405 e. The van der Waals surface area contributed by atoms with E-state index in [0.717, 1.165) is 0 Å². The van der Waals surface area contributed by atoms with Gasteiger partial charge in [0.15, 0.2) is 6.61 Å². The molecule has 2 heterocycles. The predicted octanol–water partition coefficient (Wildman–Crippen LogP) is 1.82. The molecular weight excluding hydrogens is 361 g/mol. The third-order valence-corrected chi connectivity index (χ3v) is 4.54. The fraction of sp³-hybridized carbons (Fsp3) is 0.533. The third-order valence-electron chi connectivity index (χ3n) is 3.68. The normalized spacial score (nSPS) is 15.7. The second kappa shape index (κ2) is 8.32. The second-order valence-electron chi connectivity index (χ2n) is 5.54. The van der Waals surface area contributed by atoms with Gasteiger partial charge in [-0.2, -0.15) is 13.2 Å². The zero-order valence-corrected chi connectivity index (χ0v) is 14.0. The van der Waals surface area contributed by atoms with Crippen molar-refractivity contribution in [3.05, 3.63) is 22.4 Å². The van der Waals surface area contributed by atoms with Gasteiger partial charge in [-0.1, -0.05) is 6.07 Å². The van der Waals surface area contributed by atoms with Crippen molar-refractivity contribution in [3.8, 4) is 0 Å². The van der Waals surface area contributed by atoms with Crippen LogP contribution in [0.4, 0.5) is 13.2 Å². The maximum absolute atomic E-state index is 12.2. The van der Waals surface area contributed by atoms with E-state index in [1.54, 1.807) is 27.7 Å². The standard InChI is InChI=1S/C15H17F3N2O4S/c16-15(17,18)9-19-12(21)8-24-14(23)10-3-5-20(6-4-10)13(22)11-2-1-7-25-11/h1-2,7,10H,3-6,8-9H2,(H,19,21). The van der Waals surface area contributed by atoms with Crippen LogP contribution in [0.1, 0.15) is 22.5 Å². The highest BCUT2D eigenvalue weighted by Gasteiger charge is 2.30. The summed E-state index contributed by atoms with van der Waals surface area (Å²) in [5.74, 6) is -2.20. The van der Waals surface area contributed by atoms with Crippen LogP contribution >= 0.6 is 11.3 Å². The lowest BCUT2D eigenvalue weighted by atomic mass is 9.97. The number of piperidine rings is 1. The molecule has 0 aromatic carbocycles. The van der Waals surface area contributed by atoms with E-state index in [1.165, 1.54) is 11.3 Å². The van der Waals surface area contributed by atoms with Gasteiger partial charge in [0.25, 0.3) is 11.8 Å². The minimum Gasteiger partial charge on any atom is -0.455 e. The summed E-state index contributed by atoms with van der Waals surface area (Å²) < 4.78 is 40.6. The zero-order valence-electron chi connectivity index (χ0n) is 13.2. The first-order valence-corrected chi connectivity index (χ1v) is 8.47. The molecule has 1 N–H and O–H groups in total. The van der Waals surface area contributed by atoms with Gasteiger partial charge in [-0.3, -0.25) is 14.4 Å². The summed E-state index contributed by atoms with van der Waals surface area (Å²) in [6.45, 7) is -1.44. The molecule has 2 rings (SSSR count). The van der Waals surface area contributed by atoms with Gasteiger partial charge in [-0.05, 0) is 24.3 Å². The molecule has 1 aliphatic rings. The van der Waals surface area contributed by atoms with E-state index in [2.05, 4.69) is 0 Å². The van der Waals surface area contributed by atoms with E-state index in [1.807, 2.05) is 0 Å². The van der Waals surface area contributed by atoms with E-state index in [9.17, 15) is 27.6 Å². The number of hydrogen-bond donors (Lipinski definition) is 1. The molecule has 0 unspecified atom stereocenters. The van der Waals surface area contributed by atoms with Crippen molar-refractivity contribution in [2.24, 2.45) is 5.92 Å². The first-order valence-electron chi connectivity index (χ1n) is 7.59. The number of esters is 1. The molecule has 25 heavy (non-hydrogen) atoms. The number of ether oxygens (including phenoxy) is 1. The Bertz CT molecular complexity index is 611. The largest absolute Gasteiger partial charge is 0.455 e. The number of amides is 2. The van der Waals surface area contributed by atoms with Gasteiger partial charge in [-0.15, -0.1) is 11.3 Å². The molecule has 1 aromatic rings. The van der Waals surface area contributed by atoms with E-state index in [0.29, 0.717) is 30.8 Å². The molecular formula is C15H17F3N2O4S.